The average molecular weight is 175 g/mol. The molecule has 1 aliphatic carbocycles. The van der Waals surface area contributed by atoms with Gasteiger partial charge in [0.2, 0.25) is 5.92 Å². The van der Waals surface area contributed by atoms with Crippen molar-refractivity contribution in [3.63, 3.8) is 0 Å². The van der Waals surface area contributed by atoms with Gasteiger partial charge in [-0.15, -0.1) is 0 Å². The molecule has 1 rings (SSSR count). The minimum absolute atomic E-state index is 0.106. The van der Waals surface area contributed by atoms with Gasteiger partial charge in [0, 0.05) is 18.8 Å². The Hall–Kier alpha value is -0.650. The van der Waals surface area contributed by atoms with E-state index in [9.17, 15) is 8.78 Å². The monoisotopic (exact) mass is 175 g/mol. The highest BCUT2D eigenvalue weighted by Crippen LogP contribution is 2.35. The summed E-state index contributed by atoms with van der Waals surface area (Å²) in [6, 6.07) is 2.01. The lowest BCUT2D eigenvalue weighted by atomic mass is 9.88. The minimum Gasteiger partial charge on any atom is -0.207 e. The first-order chi connectivity index (χ1) is 5.64. The molecule has 0 aromatic heterocycles. The van der Waals surface area contributed by atoms with Crippen molar-refractivity contribution in [3.8, 4) is 6.07 Å². The highest BCUT2D eigenvalue weighted by atomic mass is 19.3. The van der Waals surface area contributed by atoms with E-state index in [0.717, 1.165) is 0 Å². The van der Waals surface area contributed by atoms with E-state index in [-0.39, 0.29) is 18.8 Å². The highest BCUT2D eigenvalue weighted by Gasteiger charge is 2.34. The second-order valence-electron chi connectivity index (χ2n) is 2.76. The summed E-state index contributed by atoms with van der Waals surface area (Å²) in [5.41, 5.74) is 0. The molecule has 1 nitrogen and oxygen atoms in total. The molecule has 1 saturated carbocycles. The van der Waals surface area contributed by atoms with E-state index in [2.05, 4.69) is 0 Å². The van der Waals surface area contributed by atoms with E-state index in [0.29, 0.717) is 12.8 Å². The van der Waals surface area contributed by atoms with Gasteiger partial charge in [0.05, 0.1) is 6.07 Å². The lowest BCUT2D eigenvalue weighted by Gasteiger charge is -2.23. The predicted molar refractivity (Wildman–Crippen MR) is 43.9 cm³/mol. The van der Waals surface area contributed by atoms with E-state index in [4.69, 9.17) is 5.26 Å². The molecule has 70 valence electrons. The molecule has 0 bridgehead atoms. The van der Waals surface area contributed by atoms with E-state index < -0.39 is 5.92 Å². The third-order valence-electron chi connectivity index (χ3n) is 1.90. The van der Waals surface area contributed by atoms with Crippen molar-refractivity contribution in [2.75, 3.05) is 0 Å². The number of alkyl halides is 2. The Balaban J connectivity index is 0.000000561. The molecule has 0 atom stereocenters. The quantitative estimate of drug-likeness (QED) is 0.553. The van der Waals surface area contributed by atoms with E-state index >= 15 is 0 Å². The van der Waals surface area contributed by atoms with Crippen molar-refractivity contribution in [3.05, 3.63) is 0 Å². The Morgan fingerprint density at radius 3 is 2.00 bits per heavy atom. The molecule has 0 saturated heterocycles. The molecule has 0 radical (unpaired) electrons. The van der Waals surface area contributed by atoms with Crippen molar-refractivity contribution < 1.29 is 8.78 Å². The minimum atomic E-state index is -2.49. The average Bonchev–Trinajstić information content (AvgIpc) is 2.08. The van der Waals surface area contributed by atoms with E-state index in [1.807, 2.05) is 19.9 Å². The summed E-state index contributed by atoms with van der Waals surface area (Å²) >= 11 is 0. The second-order valence-corrected chi connectivity index (χ2v) is 2.76. The Morgan fingerprint density at radius 2 is 1.67 bits per heavy atom. The van der Waals surface area contributed by atoms with Gasteiger partial charge in [0.15, 0.2) is 0 Å². The van der Waals surface area contributed by atoms with Crippen LogP contribution in [0.1, 0.15) is 39.5 Å². The fourth-order valence-electron chi connectivity index (χ4n) is 1.17. The van der Waals surface area contributed by atoms with Crippen LogP contribution < -0.4 is 0 Å². The van der Waals surface area contributed by atoms with Crippen LogP contribution in [0.2, 0.25) is 0 Å². The standard InChI is InChI=1S/C7H9F2N.C2H6/c8-7(9)3-1-6(5-10)2-4-7;1-2/h6H,1-4H2;1-2H3. The van der Waals surface area contributed by atoms with Crippen LogP contribution >= 0.6 is 0 Å². The molecule has 0 aromatic rings. The van der Waals surface area contributed by atoms with Gasteiger partial charge in [0.1, 0.15) is 0 Å². The lowest BCUT2D eigenvalue weighted by Crippen LogP contribution is -2.23. The molecule has 1 fully saturated rings. The van der Waals surface area contributed by atoms with Gasteiger partial charge < -0.3 is 0 Å². The maximum absolute atomic E-state index is 12.4. The third-order valence-corrected chi connectivity index (χ3v) is 1.90. The zero-order valence-electron chi connectivity index (χ0n) is 7.61. The summed E-state index contributed by atoms with van der Waals surface area (Å²) in [4.78, 5) is 0. The summed E-state index contributed by atoms with van der Waals surface area (Å²) in [6.07, 6.45) is 0.517. The van der Waals surface area contributed by atoms with Crippen LogP contribution in [0.5, 0.6) is 0 Å². The van der Waals surface area contributed by atoms with Crippen molar-refractivity contribution >= 4 is 0 Å². The van der Waals surface area contributed by atoms with Gasteiger partial charge in [-0.2, -0.15) is 5.26 Å². The summed E-state index contributed by atoms with van der Waals surface area (Å²) in [5.74, 6) is -2.62. The third kappa shape index (κ3) is 3.66. The van der Waals surface area contributed by atoms with Crippen LogP contribution in [-0.2, 0) is 0 Å². The molecule has 0 unspecified atom stereocenters. The van der Waals surface area contributed by atoms with Gasteiger partial charge in [-0.3, -0.25) is 0 Å². The molecule has 0 aromatic carbocycles. The van der Waals surface area contributed by atoms with Crippen LogP contribution in [0.3, 0.4) is 0 Å². The van der Waals surface area contributed by atoms with Crippen molar-refractivity contribution in [2.45, 2.75) is 45.5 Å². The van der Waals surface area contributed by atoms with Gasteiger partial charge in [-0.1, -0.05) is 13.8 Å². The predicted octanol–water partition coefficient (Wildman–Crippen LogP) is 3.36. The molecule has 0 amide bonds. The largest absolute Gasteiger partial charge is 0.248 e. The summed E-state index contributed by atoms with van der Waals surface area (Å²) in [5, 5.41) is 8.37. The zero-order valence-corrected chi connectivity index (χ0v) is 7.61. The summed E-state index contributed by atoms with van der Waals surface area (Å²) in [6.45, 7) is 4.00. The Morgan fingerprint density at radius 1 is 1.25 bits per heavy atom. The Kier molecular flexibility index (Phi) is 4.80. The molecular weight excluding hydrogens is 160 g/mol. The smallest absolute Gasteiger partial charge is 0.207 e. The van der Waals surface area contributed by atoms with Crippen LogP contribution in [0.15, 0.2) is 0 Å². The Bertz CT molecular complexity index is 150. The molecule has 0 spiro atoms. The van der Waals surface area contributed by atoms with Gasteiger partial charge in [0.25, 0.3) is 0 Å². The fourth-order valence-corrected chi connectivity index (χ4v) is 1.17. The van der Waals surface area contributed by atoms with Crippen molar-refractivity contribution in [1.29, 1.82) is 5.26 Å². The van der Waals surface area contributed by atoms with E-state index in [1.165, 1.54) is 0 Å². The number of nitriles is 1. The van der Waals surface area contributed by atoms with Crippen LogP contribution in [0, 0.1) is 17.2 Å². The van der Waals surface area contributed by atoms with E-state index in [1.54, 1.807) is 0 Å². The second kappa shape index (κ2) is 5.08. The lowest BCUT2D eigenvalue weighted by molar-refractivity contribution is -0.0404. The molecular formula is C9H15F2N. The zero-order chi connectivity index (χ0) is 9.61. The SMILES string of the molecule is CC.N#CC1CCC(F)(F)CC1. The Labute approximate surface area is 72.4 Å². The van der Waals surface area contributed by atoms with Crippen molar-refractivity contribution in [2.24, 2.45) is 5.92 Å². The molecule has 0 N–H and O–H groups in total. The first-order valence-electron chi connectivity index (χ1n) is 4.41. The molecule has 12 heavy (non-hydrogen) atoms. The fraction of sp³-hybridized carbons (Fsp3) is 0.889. The van der Waals surface area contributed by atoms with Crippen LogP contribution in [-0.4, -0.2) is 5.92 Å². The normalized spacial score (nSPS) is 21.9. The number of hydrogen-bond acceptors (Lipinski definition) is 1. The maximum atomic E-state index is 12.4. The molecule has 0 heterocycles. The maximum Gasteiger partial charge on any atom is 0.248 e. The van der Waals surface area contributed by atoms with Gasteiger partial charge in [-0.25, -0.2) is 8.78 Å². The van der Waals surface area contributed by atoms with Gasteiger partial charge >= 0.3 is 0 Å². The molecule has 0 aliphatic heterocycles. The van der Waals surface area contributed by atoms with Crippen LogP contribution in [0.25, 0.3) is 0 Å². The van der Waals surface area contributed by atoms with Crippen molar-refractivity contribution in [1.82, 2.24) is 0 Å². The molecule has 3 heteroatoms. The first kappa shape index (κ1) is 11.4. The summed E-state index contributed by atoms with van der Waals surface area (Å²) in [7, 11) is 0. The number of nitrogens with zero attached hydrogens (tertiary/aromatic N) is 1. The van der Waals surface area contributed by atoms with Crippen LogP contribution in [0.4, 0.5) is 8.78 Å². The summed E-state index contributed by atoms with van der Waals surface area (Å²) < 4.78 is 24.8. The number of hydrogen-bond donors (Lipinski definition) is 0. The van der Waals surface area contributed by atoms with Gasteiger partial charge in [-0.05, 0) is 12.8 Å². The molecule has 1 aliphatic rings. The number of halogens is 2. The number of rotatable bonds is 0. The highest BCUT2D eigenvalue weighted by molar-refractivity contribution is 4.89. The topological polar surface area (TPSA) is 23.8 Å². The first-order valence-corrected chi connectivity index (χ1v) is 4.41.